The van der Waals surface area contributed by atoms with Crippen LogP contribution in [-0.4, -0.2) is 76.9 Å². The molecule has 1 saturated carbocycles. The van der Waals surface area contributed by atoms with Crippen LogP contribution in [0, 0.1) is 11.7 Å². The Kier molecular flexibility index (Phi) is 8.37. The van der Waals surface area contributed by atoms with Crippen molar-refractivity contribution in [2.45, 2.75) is 44.7 Å². The lowest BCUT2D eigenvalue weighted by Crippen LogP contribution is -2.57. The smallest absolute Gasteiger partial charge is 0.331 e. The Bertz CT molecular complexity index is 1490. The van der Waals surface area contributed by atoms with E-state index in [0.29, 0.717) is 75.6 Å². The number of esters is 1. The Balaban J connectivity index is 1.59. The molecule has 0 bridgehead atoms. The van der Waals surface area contributed by atoms with Crippen LogP contribution in [0.1, 0.15) is 43.0 Å². The number of halogens is 1. The summed E-state index contributed by atoms with van der Waals surface area (Å²) in [5.41, 5.74) is -1.01. The maximum Gasteiger partial charge on any atom is 0.331 e. The van der Waals surface area contributed by atoms with Gasteiger partial charge in [-0.1, -0.05) is 19.1 Å². The highest BCUT2D eigenvalue weighted by Crippen LogP contribution is 2.34. The van der Waals surface area contributed by atoms with Crippen molar-refractivity contribution in [3.05, 3.63) is 58.3 Å². The zero-order valence-corrected chi connectivity index (χ0v) is 23.3. The first-order valence-corrected chi connectivity index (χ1v) is 13.9. The van der Waals surface area contributed by atoms with Crippen LogP contribution in [0.15, 0.2) is 41.3 Å². The van der Waals surface area contributed by atoms with Gasteiger partial charge in [-0.05, 0) is 55.4 Å². The van der Waals surface area contributed by atoms with Crippen molar-refractivity contribution in [1.82, 2.24) is 19.8 Å². The van der Waals surface area contributed by atoms with E-state index in [1.54, 1.807) is 24.4 Å². The van der Waals surface area contributed by atoms with Crippen LogP contribution in [0.4, 0.5) is 4.39 Å². The number of aromatic nitrogens is 2. The van der Waals surface area contributed by atoms with E-state index in [1.807, 2.05) is 0 Å². The molecule has 0 unspecified atom stereocenters. The predicted octanol–water partition coefficient (Wildman–Crippen LogP) is 3.09. The van der Waals surface area contributed by atoms with E-state index in [1.165, 1.54) is 23.8 Å². The van der Waals surface area contributed by atoms with E-state index >= 15 is 0 Å². The molecule has 3 aromatic rings. The summed E-state index contributed by atoms with van der Waals surface area (Å²) < 4.78 is 25.4. The molecule has 1 amide bonds. The van der Waals surface area contributed by atoms with E-state index < -0.39 is 40.1 Å². The van der Waals surface area contributed by atoms with Crippen molar-refractivity contribution in [3.63, 3.8) is 0 Å². The summed E-state index contributed by atoms with van der Waals surface area (Å²) in [4.78, 5) is 47.2. The molecule has 0 atom stereocenters. The highest BCUT2D eigenvalue weighted by molar-refractivity contribution is 6.04. The number of rotatable bonds is 7. The number of nitrogens with one attached hydrogen (secondary N) is 1. The lowest BCUT2D eigenvalue weighted by atomic mass is 9.77. The van der Waals surface area contributed by atoms with Crippen molar-refractivity contribution in [2.24, 2.45) is 5.92 Å². The summed E-state index contributed by atoms with van der Waals surface area (Å²) >= 11 is 0. The van der Waals surface area contributed by atoms with E-state index in [0.717, 1.165) is 0 Å². The van der Waals surface area contributed by atoms with Gasteiger partial charge in [-0.15, -0.1) is 0 Å². The van der Waals surface area contributed by atoms with Gasteiger partial charge in [0, 0.05) is 37.9 Å². The molecule has 1 aromatic carbocycles. The number of hydrogen-bond donors (Lipinski definition) is 2. The van der Waals surface area contributed by atoms with Crippen LogP contribution in [-0.2, 0) is 20.8 Å². The van der Waals surface area contributed by atoms with Gasteiger partial charge in [-0.25, -0.2) is 14.2 Å². The van der Waals surface area contributed by atoms with Crippen molar-refractivity contribution in [1.29, 1.82) is 0 Å². The lowest BCUT2D eigenvalue weighted by molar-refractivity contribution is -0.150. The number of pyridine rings is 2. The molecule has 2 aromatic heterocycles. The number of methoxy groups -OCH3 is 1. The second-order valence-corrected chi connectivity index (χ2v) is 10.9. The monoisotopic (exact) mass is 566 g/mol. The summed E-state index contributed by atoms with van der Waals surface area (Å²) in [6.45, 7) is 5.41. The van der Waals surface area contributed by atoms with Crippen LogP contribution in [0.2, 0.25) is 0 Å². The number of carbonyl (C=O) groups is 2. The number of ether oxygens (including phenoxy) is 2. The summed E-state index contributed by atoms with van der Waals surface area (Å²) in [7, 11) is 1.27. The number of morpholine rings is 1. The largest absolute Gasteiger partial charge is 0.506 e. The predicted molar refractivity (Wildman–Crippen MR) is 150 cm³/mol. The zero-order chi connectivity index (χ0) is 29.1. The van der Waals surface area contributed by atoms with Gasteiger partial charge in [0.25, 0.3) is 11.5 Å². The second-order valence-electron chi connectivity index (χ2n) is 10.9. The molecule has 1 aliphatic heterocycles. The number of fused-ring (bicyclic) bond motifs is 1. The van der Waals surface area contributed by atoms with Crippen LogP contribution in [0.5, 0.6) is 5.75 Å². The van der Waals surface area contributed by atoms with Gasteiger partial charge in [-0.3, -0.25) is 19.1 Å². The molecule has 41 heavy (non-hydrogen) atoms. The highest BCUT2D eigenvalue weighted by atomic mass is 19.1. The average Bonchev–Trinajstić information content (AvgIpc) is 2.98. The van der Waals surface area contributed by atoms with Gasteiger partial charge >= 0.3 is 5.97 Å². The Hall–Kier alpha value is -3.83. The van der Waals surface area contributed by atoms with Gasteiger partial charge in [0.05, 0.1) is 25.7 Å². The van der Waals surface area contributed by atoms with Gasteiger partial charge in [0.1, 0.15) is 28.3 Å². The van der Waals surface area contributed by atoms with E-state index in [4.69, 9.17) is 9.47 Å². The SMILES string of the molecule is COC(=O)[C@]1(NC(=O)c2c(O)c3cc(-c4ccc(F)cc4)cnc3n(CCN3CCOCC3)c2=O)CC[C@@H](C)CC1. The molecule has 1 aliphatic carbocycles. The Morgan fingerprint density at radius 1 is 1.15 bits per heavy atom. The first-order chi connectivity index (χ1) is 19.7. The molecule has 0 spiro atoms. The molecule has 3 heterocycles. The number of nitrogens with zero attached hydrogens (tertiary/aromatic N) is 3. The van der Waals surface area contributed by atoms with Crippen LogP contribution >= 0.6 is 0 Å². The minimum atomic E-state index is -1.29. The number of hydrogen-bond acceptors (Lipinski definition) is 8. The Morgan fingerprint density at radius 3 is 2.49 bits per heavy atom. The summed E-state index contributed by atoms with van der Waals surface area (Å²) in [6.07, 6.45) is 3.68. The zero-order valence-electron chi connectivity index (χ0n) is 23.3. The molecule has 10 nitrogen and oxygen atoms in total. The van der Waals surface area contributed by atoms with Crippen molar-refractivity contribution >= 4 is 22.9 Å². The van der Waals surface area contributed by atoms with Crippen LogP contribution < -0.4 is 10.9 Å². The van der Waals surface area contributed by atoms with Crippen molar-refractivity contribution in [2.75, 3.05) is 40.0 Å². The standard InChI is InChI=1S/C30H35FN4O6/c1-19-7-9-30(10-8-19,29(39)40-2)33-27(37)24-25(36)23-17-21(20-3-5-22(31)6-4-20)18-32-26(23)35(28(24)38)12-11-34-13-15-41-16-14-34/h3-6,17-19,36H,7-16H2,1-2H3,(H,33,37)/t19-,30+. The van der Waals surface area contributed by atoms with Gasteiger partial charge in [0.15, 0.2) is 0 Å². The third-order valence-corrected chi connectivity index (χ3v) is 8.28. The Morgan fingerprint density at radius 2 is 1.83 bits per heavy atom. The lowest BCUT2D eigenvalue weighted by Gasteiger charge is -2.37. The minimum Gasteiger partial charge on any atom is -0.506 e. The first-order valence-electron chi connectivity index (χ1n) is 13.9. The summed E-state index contributed by atoms with van der Waals surface area (Å²) in [5.74, 6) is -1.96. The quantitative estimate of drug-likeness (QED) is 0.419. The molecule has 218 valence electrons. The van der Waals surface area contributed by atoms with Gasteiger partial charge < -0.3 is 19.9 Å². The van der Waals surface area contributed by atoms with Crippen molar-refractivity contribution < 1.29 is 28.6 Å². The van der Waals surface area contributed by atoms with E-state index in [-0.39, 0.29) is 17.6 Å². The Labute approximate surface area is 237 Å². The normalized spacial score (nSPS) is 21.5. The maximum atomic E-state index is 13.8. The maximum absolute atomic E-state index is 13.8. The van der Waals surface area contributed by atoms with Crippen LogP contribution in [0.3, 0.4) is 0 Å². The molecule has 5 rings (SSSR count). The average molecular weight is 567 g/mol. The fraction of sp³-hybridized carbons (Fsp3) is 0.467. The summed E-state index contributed by atoms with van der Waals surface area (Å²) in [6, 6.07) is 7.44. The molecular formula is C30H35FN4O6. The van der Waals surface area contributed by atoms with Crippen LogP contribution in [0.25, 0.3) is 22.2 Å². The molecule has 1 saturated heterocycles. The summed E-state index contributed by atoms with van der Waals surface area (Å²) in [5, 5.41) is 14.4. The number of benzene rings is 1. The molecule has 11 heteroatoms. The number of carbonyl (C=O) groups excluding carboxylic acids is 2. The third kappa shape index (κ3) is 5.82. The molecule has 2 fully saturated rings. The van der Waals surface area contributed by atoms with E-state index in [2.05, 4.69) is 22.1 Å². The minimum absolute atomic E-state index is 0.197. The van der Waals surface area contributed by atoms with Gasteiger partial charge in [-0.2, -0.15) is 0 Å². The topological polar surface area (TPSA) is 123 Å². The number of aromatic hydroxyl groups is 1. The molecule has 2 N–H and O–H groups in total. The molecule has 2 aliphatic rings. The van der Waals surface area contributed by atoms with Crippen molar-refractivity contribution in [3.8, 4) is 16.9 Å². The molecular weight excluding hydrogens is 531 g/mol. The fourth-order valence-electron chi connectivity index (χ4n) is 5.70. The first kappa shape index (κ1) is 28.7. The second kappa shape index (κ2) is 12.0. The third-order valence-electron chi connectivity index (χ3n) is 8.28. The van der Waals surface area contributed by atoms with Gasteiger partial charge in [0.2, 0.25) is 0 Å². The highest BCUT2D eigenvalue weighted by Gasteiger charge is 2.44. The van der Waals surface area contributed by atoms with E-state index in [9.17, 15) is 23.9 Å². The molecule has 0 radical (unpaired) electrons. The fourth-order valence-corrected chi connectivity index (χ4v) is 5.70. The number of amides is 1.